The van der Waals surface area contributed by atoms with Gasteiger partial charge in [0.1, 0.15) is 0 Å². The highest BCUT2D eigenvalue weighted by atomic mass is 16.6. The van der Waals surface area contributed by atoms with Crippen LogP contribution in [0.4, 0.5) is 0 Å². The molecule has 6 heteroatoms. The molecule has 0 unspecified atom stereocenters. The van der Waals surface area contributed by atoms with Gasteiger partial charge in [0.15, 0.2) is 0 Å². The molecule has 0 saturated carbocycles. The summed E-state index contributed by atoms with van der Waals surface area (Å²) in [5, 5.41) is 3.16. The van der Waals surface area contributed by atoms with Crippen molar-refractivity contribution in [2.24, 2.45) is 0 Å². The van der Waals surface area contributed by atoms with Crippen LogP contribution < -0.4 is 5.32 Å². The smallest absolute Gasteiger partial charge is 0.0701 e. The summed E-state index contributed by atoms with van der Waals surface area (Å²) in [6.45, 7) is 16.5. The van der Waals surface area contributed by atoms with Gasteiger partial charge in [-0.1, -0.05) is 6.58 Å². The Labute approximate surface area is 147 Å². The lowest BCUT2D eigenvalue weighted by Crippen LogP contribution is -2.15. The van der Waals surface area contributed by atoms with Crippen molar-refractivity contribution in [2.75, 3.05) is 66.0 Å². The van der Waals surface area contributed by atoms with E-state index >= 15 is 0 Å². The Morgan fingerprint density at radius 2 is 1.21 bits per heavy atom. The normalized spacial score (nSPS) is 11.2. The van der Waals surface area contributed by atoms with Crippen molar-refractivity contribution in [2.45, 2.75) is 39.7 Å². The summed E-state index contributed by atoms with van der Waals surface area (Å²) in [5.74, 6) is 0. The minimum Gasteiger partial charge on any atom is -0.389 e. The molecule has 0 radical (unpaired) electrons. The van der Waals surface area contributed by atoms with E-state index in [0.717, 1.165) is 38.3 Å². The second-order valence-electron chi connectivity index (χ2n) is 5.78. The summed E-state index contributed by atoms with van der Waals surface area (Å²) >= 11 is 0. The van der Waals surface area contributed by atoms with E-state index in [9.17, 15) is 0 Å². The van der Waals surface area contributed by atoms with Gasteiger partial charge < -0.3 is 29.0 Å². The summed E-state index contributed by atoms with van der Waals surface area (Å²) in [4.78, 5) is 0. The number of allylic oxidation sites excluding steroid dienone is 1. The molecule has 0 saturated heterocycles. The third kappa shape index (κ3) is 21.3. The zero-order valence-electron chi connectivity index (χ0n) is 15.8. The Morgan fingerprint density at radius 1 is 0.750 bits per heavy atom. The molecule has 0 spiro atoms. The van der Waals surface area contributed by atoms with Gasteiger partial charge in [0.2, 0.25) is 0 Å². The average molecular weight is 347 g/mol. The SMILES string of the molecule is C=C(C)NCCCOCCOCCOCCOCCCOC(C)C. The molecular weight excluding hydrogens is 310 g/mol. The van der Waals surface area contributed by atoms with E-state index in [2.05, 4.69) is 11.9 Å². The Bertz CT molecular complexity index is 274. The quantitative estimate of drug-likeness (QED) is 0.362. The van der Waals surface area contributed by atoms with Crippen LogP contribution in [0, 0.1) is 0 Å². The maximum atomic E-state index is 5.46. The molecule has 0 aromatic carbocycles. The Hall–Kier alpha value is -0.660. The highest BCUT2D eigenvalue weighted by molar-refractivity contribution is 4.83. The van der Waals surface area contributed by atoms with Crippen LogP contribution >= 0.6 is 0 Å². The largest absolute Gasteiger partial charge is 0.389 e. The van der Waals surface area contributed by atoms with Crippen molar-refractivity contribution in [3.63, 3.8) is 0 Å². The first-order valence-electron chi connectivity index (χ1n) is 8.95. The molecule has 0 fully saturated rings. The van der Waals surface area contributed by atoms with E-state index in [1.807, 2.05) is 20.8 Å². The molecule has 0 rings (SSSR count). The zero-order chi connectivity index (χ0) is 17.9. The highest BCUT2D eigenvalue weighted by Crippen LogP contribution is 1.91. The van der Waals surface area contributed by atoms with E-state index in [-0.39, 0.29) is 6.10 Å². The van der Waals surface area contributed by atoms with E-state index < -0.39 is 0 Å². The van der Waals surface area contributed by atoms with Gasteiger partial charge in [0.05, 0.1) is 45.7 Å². The number of rotatable bonds is 19. The van der Waals surface area contributed by atoms with Crippen molar-refractivity contribution >= 4 is 0 Å². The van der Waals surface area contributed by atoms with E-state index in [1.54, 1.807) is 0 Å². The van der Waals surface area contributed by atoms with Gasteiger partial charge in [-0.05, 0) is 33.6 Å². The third-order valence-corrected chi connectivity index (χ3v) is 2.89. The fourth-order valence-corrected chi connectivity index (χ4v) is 1.72. The van der Waals surface area contributed by atoms with Crippen molar-refractivity contribution in [1.82, 2.24) is 5.32 Å². The van der Waals surface area contributed by atoms with Crippen LogP contribution in [0.25, 0.3) is 0 Å². The molecule has 0 aliphatic heterocycles. The molecule has 0 aliphatic rings. The first-order chi connectivity index (χ1) is 11.6. The van der Waals surface area contributed by atoms with Gasteiger partial charge in [-0.2, -0.15) is 0 Å². The Balaban J connectivity index is 2.99. The van der Waals surface area contributed by atoms with Crippen LogP contribution in [0.15, 0.2) is 12.3 Å². The summed E-state index contributed by atoms with van der Waals surface area (Å²) in [6.07, 6.45) is 2.18. The number of nitrogens with one attached hydrogen (secondary N) is 1. The first-order valence-corrected chi connectivity index (χ1v) is 8.95. The lowest BCUT2D eigenvalue weighted by Gasteiger charge is -2.09. The second-order valence-corrected chi connectivity index (χ2v) is 5.78. The molecule has 24 heavy (non-hydrogen) atoms. The second kappa shape index (κ2) is 18.7. The minimum atomic E-state index is 0.289. The van der Waals surface area contributed by atoms with E-state index in [1.165, 1.54) is 0 Å². The monoisotopic (exact) mass is 347 g/mol. The van der Waals surface area contributed by atoms with Crippen molar-refractivity contribution in [3.8, 4) is 0 Å². The van der Waals surface area contributed by atoms with Gasteiger partial charge >= 0.3 is 0 Å². The number of ether oxygens (including phenoxy) is 5. The Kier molecular flexibility index (Phi) is 18.2. The molecule has 0 heterocycles. The van der Waals surface area contributed by atoms with Crippen LogP contribution in [-0.2, 0) is 23.7 Å². The summed E-state index contributed by atoms with van der Waals surface area (Å²) < 4.78 is 27.2. The molecule has 6 nitrogen and oxygen atoms in total. The van der Waals surface area contributed by atoms with Crippen molar-refractivity contribution in [1.29, 1.82) is 0 Å². The molecule has 0 aromatic heterocycles. The summed E-state index contributed by atoms with van der Waals surface area (Å²) in [5.41, 5.74) is 0.990. The van der Waals surface area contributed by atoms with E-state index in [0.29, 0.717) is 46.2 Å². The average Bonchev–Trinajstić information content (AvgIpc) is 2.53. The summed E-state index contributed by atoms with van der Waals surface area (Å²) in [6, 6.07) is 0. The van der Waals surface area contributed by atoms with Crippen LogP contribution in [-0.4, -0.2) is 72.1 Å². The molecule has 1 N–H and O–H groups in total. The van der Waals surface area contributed by atoms with Crippen molar-refractivity contribution in [3.05, 3.63) is 12.3 Å². The predicted molar refractivity (Wildman–Crippen MR) is 96.4 cm³/mol. The molecule has 0 amide bonds. The van der Waals surface area contributed by atoms with Gasteiger partial charge in [0.25, 0.3) is 0 Å². The molecular formula is C18H37NO5. The molecule has 0 aromatic rings. The maximum Gasteiger partial charge on any atom is 0.0701 e. The zero-order valence-corrected chi connectivity index (χ0v) is 15.8. The van der Waals surface area contributed by atoms with Gasteiger partial charge in [0, 0.05) is 32.1 Å². The topological polar surface area (TPSA) is 58.2 Å². The van der Waals surface area contributed by atoms with Crippen LogP contribution in [0.1, 0.15) is 33.6 Å². The van der Waals surface area contributed by atoms with E-state index in [4.69, 9.17) is 23.7 Å². The lowest BCUT2D eigenvalue weighted by atomic mass is 10.4. The minimum absolute atomic E-state index is 0.289. The van der Waals surface area contributed by atoms with Crippen LogP contribution in [0.2, 0.25) is 0 Å². The van der Waals surface area contributed by atoms with Gasteiger partial charge in [-0.25, -0.2) is 0 Å². The molecule has 0 bridgehead atoms. The van der Waals surface area contributed by atoms with Crippen LogP contribution in [0.3, 0.4) is 0 Å². The fraction of sp³-hybridized carbons (Fsp3) is 0.889. The maximum absolute atomic E-state index is 5.46. The predicted octanol–water partition coefficient (Wildman–Crippen LogP) is 2.38. The number of hydrogen-bond acceptors (Lipinski definition) is 6. The Morgan fingerprint density at radius 3 is 1.67 bits per heavy atom. The van der Waals surface area contributed by atoms with Crippen LogP contribution in [0.5, 0.6) is 0 Å². The molecule has 0 atom stereocenters. The summed E-state index contributed by atoms with van der Waals surface area (Å²) in [7, 11) is 0. The standard InChI is InChI=1S/C18H37NO5/c1-17(2)19-7-5-8-20-11-13-22-15-16-23-14-12-21-9-6-10-24-18(3)4/h18-19H,1,5-16H2,2-4H3. The van der Waals surface area contributed by atoms with Gasteiger partial charge in [-0.3, -0.25) is 0 Å². The molecule has 0 aliphatic carbocycles. The lowest BCUT2D eigenvalue weighted by molar-refractivity contribution is -0.00582. The third-order valence-electron chi connectivity index (χ3n) is 2.89. The van der Waals surface area contributed by atoms with Gasteiger partial charge in [-0.15, -0.1) is 0 Å². The van der Waals surface area contributed by atoms with Crippen molar-refractivity contribution < 1.29 is 23.7 Å². The molecule has 144 valence electrons. The highest BCUT2D eigenvalue weighted by Gasteiger charge is 1.95. The number of hydrogen-bond donors (Lipinski definition) is 1. The fourth-order valence-electron chi connectivity index (χ4n) is 1.72. The first kappa shape index (κ1) is 23.3.